The van der Waals surface area contributed by atoms with E-state index in [2.05, 4.69) is 21.2 Å². The molecule has 0 fully saturated rings. The molecule has 0 aliphatic carbocycles. The number of para-hydroxylation sites is 2. The molecule has 0 saturated carbocycles. The summed E-state index contributed by atoms with van der Waals surface area (Å²) in [6.45, 7) is 1.89. The van der Waals surface area contributed by atoms with E-state index in [1.54, 1.807) is 30.3 Å². The highest BCUT2D eigenvalue weighted by atomic mass is 79.9. The first-order valence-electron chi connectivity index (χ1n) is 9.03. The first-order valence-corrected chi connectivity index (χ1v) is 11.3. The van der Waals surface area contributed by atoms with Gasteiger partial charge in [-0.05, 0) is 67.1 Å². The monoisotopic (exact) mass is 488 g/mol. The Balaban J connectivity index is 1.82. The number of rotatable bonds is 6. The number of halogens is 1. The smallest absolute Gasteiger partial charge is 0.264 e. The van der Waals surface area contributed by atoms with Crippen LogP contribution in [0.1, 0.15) is 15.9 Å². The average Bonchev–Trinajstić information content (AvgIpc) is 2.75. The van der Waals surface area contributed by atoms with Crippen molar-refractivity contribution in [1.82, 2.24) is 0 Å². The first-order chi connectivity index (χ1) is 14.2. The maximum absolute atomic E-state index is 13.0. The first kappa shape index (κ1) is 21.9. The predicted molar refractivity (Wildman–Crippen MR) is 122 cm³/mol. The number of benzene rings is 3. The van der Waals surface area contributed by atoms with E-state index in [9.17, 15) is 13.2 Å². The van der Waals surface area contributed by atoms with Gasteiger partial charge in [-0.2, -0.15) is 0 Å². The molecule has 1 N–H and O–H groups in total. The highest BCUT2D eigenvalue weighted by molar-refractivity contribution is 9.10. The Morgan fingerprint density at radius 2 is 1.70 bits per heavy atom. The van der Waals surface area contributed by atoms with Crippen LogP contribution in [0.4, 0.5) is 11.4 Å². The molecule has 0 aliphatic rings. The molecule has 0 aliphatic heterocycles. The number of ether oxygens (including phenoxy) is 1. The SMILES string of the molecule is COc1ccccc1N(C)S(=O)(=O)c1ccc(C(=O)Nc2ccc(Br)cc2C)cc1. The summed E-state index contributed by atoms with van der Waals surface area (Å²) in [5.41, 5.74) is 2.38. The van der Waals surface area contributed by atoms with Gasteiger partial charge in [-0.3, -0.25) is 9.10 Å². The molecule has 0 bridgehead atoms. The van der Waals surface area contributed by atoms with Gasteiger partial charge in [0.2, 0.25) is 0 Å². The Bertz CT molecular complexity index is 1180. The standard InChI is InChI=1S/C22H21BrN2O4S/c1-15-14-17(23)10-13-19(15)24-22(26)16-8-11-18(12-9-16)30(27,28)25(2)20-6-4-5-7-21(20)29-3/h4-14H,1-3H3,(H,24,26). The van der Waals surface area contributed by atoms with Gasteiger partial charge in [0, 0.05) is 22.8 Å². The van der Waals surface area contributed by atoms with Gasteiger partial charge in [0.05, 0.1) is 17.7 Å². The molecule has 3 rings (SSSR count). The second-order valence-electron chi connectivity index (χ2n) is 6.58. The number of carbonyl (C=O) groups excluding carboxylic acids is 1. The lowest BCUT2D eigenvalue weighted by Crippen LogP contribution is -2.27. The van der Waals surface area contributed by atoms with Crippen LogP contribution in [0.3, 0.4) is 0 Å². The summed E-state index contributed by atoms with van der Waals surface area (Å²) in [6, 6.07) is 18.2. The number of aryl methyl sites for hydroxylation is 1. The van der Waals surface area contributed by atoms with Crippen molar-refractivity contribution in [3.8, 4) is 5.75 Å². The molecule has 0 atom stereocenters. The fraction of sp³-hybridized carbons (Fsp3) is 0.136. The van der Waals surface area contributed by atoms with Crippen LogP contribution in [0.25, 0.3) is 0 Å². The van der Waals surface area contributed by atoms with Crippen LogP contribution in [0.5, 0.6) is 5.75 Å². The molecule has 1 amide bonds. The molecule has 6 nitrogen and oxygen atoms in total. The molecule has 0 saturated heterocycles. The Morgan fingerprint density at radius 3 is 2.33 bits per heavy atom. The van der Waals surface area contributed by atoms with Gasteiger partial charge in [0.1, 0.15) is 5.75 Å². The van der Waals surface area contributed by atoms with Crippen molar-refractivity contribution < 1.29 is 17.9 Å². The fourth-order valence-electron chi connectivity index (χ4n) is 2.92. The number of carbonyl (C=O) groups is 1. The molecular formula is C22H21BrN2O4S. The van der Waals surface area contributed by atoms with Gasteiger partial charge in [-0.15, -0.1) is 0 Å². The highest BCUT2D eigenvalue weighted by Gasteiger charge is 2.24. The van der Waals surface area contributed by atoms with Crippen LogP contribution < -0.4 is 14.4 Å². The van der Waals surface area contributed by atoms with E-state index in [1.807, 2.05) is 19.1 Å². The lowest BCUT2D eigenvalue weighted by molar-refractivity contribution is 0.102. The third-order valence-corrected chi connectivity index (χ3v) is 6.91. The topological polar surface area (TPSA) is 75.7 Å². The predicted octanol–water partition coefficient (Wildman–Crippen LogP) is 4.84. The van der Waals surface area contributed by atoms with Crippen molar-refractivity contribution >= 4 is 43.2 Å². The molecule has 30 heavy (non-hydrogen) atoms. The fourth-order valence-corrected chi connectivity index (χ4v) is 4.60. The van der Waals surface area contributed by atoms with Crippen LogP contribution in [0.2, 0.25) is 0 Å². The Hall–Kier alpha value is -2.84. The van der Waals surface area contributed by atoms with Crippen LogP contribution >= 0.6 is 15.9 Å². The summed E-state index contributed by atoms with van der Waals surface area (Å²) in [6.07, 6.45) is 0. The summed E-state index contributed by atoms with van der Waals surface area (Å²) in [5, 5.41) is 2.84. The van der Waals surface area contributed by atoms with Gasteiger partial charge in [-0.1, -0.05) is 28.1 Å². The van der Waals surface area contributed by atoms with Crippen molar-refractivity contribution in [3.05, 3.63) is 82.3 Å². The van der Waals surface area contributed by atoms with Crippen LogP contribution in [-0.4, -0.2) is 28.5 Å². The second-order valence-corrected chi connectivity index (χ2v) is 9.47. The van der Waals surface area contributed by atoms with Crippen LogP contribution in [-0.2, 0) is 10.0 Å². The quantitative estimate of drug-likeness (QED) is 0.538. The molecule has 0 heterocycles. The minimum Gasteiger partial charge on any atom is -0.495 e. The lowest BCUT2D eigenvalue weighted by Gasteiger charge is -2.21. The summed E-state index contributed by atoms with van der Waals surface area (Å²) in [4.78, 5) is 12.6. The number of nitrogens with one attached hydrogen (secondary N) is 1. The Morgan fingerprint density at radius 1 is 1.03 bits per heavy atom. The van der Waals surface area contributed by atoms with Crippen molar-refractivity contribution in [2.45, 2.75) is 11.8 Å². The minimum absolute atomic E-state index is 0.0762. The van der Waals surface area contributed by atoms with Gasteiger partial charge in [0.15, 0.2) is 0 Å². The zero-order valence-corrected chi connectivity index (χ0v) is 19.1. The average molecular weight is 489 g/mol. The van der Waals surface area contributed by atoms with Crippen molar-refractivity contribution in [2.75, 3.05) is 23.8 Å². The van der Waals surface area contributed by atoms with Gasteiger partial charge in [0.25, 0.3) is 15.9 Å². The molecule has 3 aromatic rings. The van der Waals surface area contributed by atoms with E-state index in [4.69, 9.17) is 4.74 Å². The molecule has 156 valence electrons. The normalized spacial score (nSPS) is 11.1. The van der Waals surface area contributed by atoms with Gasteiger partial charge < -0.3 is 10.1 Å². The molecular weight excluding hydrogens is 468 g/mol. The third kappa shape index (κ3) is 4.49. The molecule has 0 radical (unpaired) electrons. The molecule has 0 aromatic heterocycles. The number of hydrogen-bond acceptors (Lipinski definition) is 4. The number of anilines is 2. The van der Waals surface area contributed by atoms with Crippen molar-refractivity contribution in [3.63, 3.8) is 0 Å². The minimum atomic E-state index is -3.82. The zero-order valence-electron chi connectivity index (χ0n) is 16.7. The number of hydrogen-bond donors (Lipinski definition) is 1. The van der Waals surface area contributed by atoms with E-state index < -0.39 is 10.0 Å². The molecule has 3 aromatic carbocycles. The molecule has 0 spiro atoms. The molecule has 0 unspecified atom stereocenters. The third-order valence-electron chi connectivity index (χ3n) is 4.64. The van der Waals surface area contributed by atoms with Crippen LogP contribution in [0, 0.1) is 6.92 Å². The van der Waals surface area contributed by atoms with Crippen molar-refractivity contribution in [2.24, 2.45) is 0 Å². The lowest BCUT2D eigenvalue weighted by atomic mass is 10.1. The second kappa shape index (κ2) is 8.89. The van der Waals surface area contributed by atoms with E-state index in [0.717, 1.165) is 14.3 Å². The number of nitrogens with zero attached hydrogens (tertiary/aromatic N) is 1. The summed E-state index contributed by atoms with van der Waals surface area (Å²) < 4.78 is 33.4. The van der Waals surface area contributed by atoms with E-state index in [-0.39, 0.29) is 10.8 Å². The van der Waals surface area contributed by atoms with Gasteiger partial charge in [-0.25, -0.2) is 8.42 Å². The summed E-state index contributed by atoms with van der Waals surface area (Å²) >= 11 is 3.39. The maximum atomic E-state index is 13.0. The number of sulfonamides is 1. The highest BCUT2D eigenvalue weighted by Crippen LogP contribution is 2.31. The van der Waals surface area contributed by atoms with E-state index in [0.29, 0.717) is 22.7 Å². The van der Waals surface area contributed by atoms with Crippen molar-refractivity contribution in [1.29, 1.82) is 0 Å². The summed E-state index contributed by atoms with van der Waals surface area (Å²) in [5.74, 6) is 0.131. The van der Waals surface area contributed by atoms with Gasteiger partial charge >= 0.3 is 0 Å². The number of amides is 1. The summed E-state index contributed by atoms with van der Waals surface area (Å²) in [7, 11) is -0.873. The maximum Gasteiger partial charge on any atom is 0.264 e. The zero-order chi connectivity index (χ0) is 21.9. The molecule has 8 heteroatoms. The largest absolute Gasteiger partial charge is 0.495 e. The number of methoxy groups -OCH3 is 1. The van der Waals surface area contributed by atoms with E-state index >= 15 is 0 Å². The Kier molecular flexibility index (Phi) is 6.48. The van der Waals surface area contributed by atoms with E-state index in [1.165, 1.54) is 38.4 Å². The van der Waals surface area contributed by atoms with Crippen LogP contribution in [0.15, 0.2) is 76.1 Å². The Labute approximate surface area is 184 Å².